The van der Waals surface area contributed by atoms with Gasteiger partial charge in [-0.1, -0.05) is 30.3 Å². The van der Waals surface area contributed by atoms with Gasteiger partial charge in [0.1, 0.15) is 16.8 Å². The number of ether oxygens (including phenoxy) is 2. The molecule has 0 amide bonds. The van der Waals surface area contributed by atoms with Gasteiger partial charge in [0.15, 0.2) is 0 Å². The molecule has 0 aliphatic heterocycles. The van der Waals surface area contributed by atoms with Gasteiger partial charge in [0, 0.05) is 6.42 Å². The molecule has 0 aromatic heterocycles. The monoisotopic (exact) mass is 322 g/mol. The average Bonchev–Trinajstić information content (AvgIpc) is 2.55. The van der Waals surface area contributed by atoms with Crippen molar-refractivity contribution in [3.8, 4) is 11.5 Å². The lowest BCUT2D eigenvalue weighted by Gasteiger charge is -2.15. The molecule has 0 saturated heterocycles. The molecule has 118 valence electrons. The normalized spacial score (nSPS) is 13.4. The molecule has 2 aromatic carbocycles. The third-order valence-corrected chi connectivity index (χ3v) is 4.47. The largest absolute Gasteiger partial charge is 0.496 e. The zero-order valence-corrected chi connectivity index (χ0v) is 13.2. The summed E-state index contributed by atoms with van der Waals surface area (Å²) in [6, 6.07) is 15.9. The van der Waals surface area contributed by atoms with E-state index in [1.54, 1.807) is 18.2 Å². The van der Waals surface area contributed by atoms with Crippen molar-refractivity contribution < 1.29 is 23.5 Å². The molecule has 0 bridgehead atoms. The van der Waals surface area contributed by atoms with E-state index in [4.69, 9.17) is 14.0 Å². The van der Waals surface area contributed by atoms with E-state index in [1.807, 2.05) is 30.3 Å². The van der Waals surface area contributed by atoms with Crippen LogP contribution in [-0.4, -0.2) is 25.2 Å². The molecule has 22 heavy (non-hydrogen) atoms. The molecule has 0 spiro atoms. The van der Waals surface area contributed by atoms with E-state index in [2.05, 4.69) is 0 Å². The quantitative estimate of drug-likeness (QED) is 0.598. The summed E-state index contributed by atoms with van der Waals surface area (Å²) in [4.78, 5) is 10.0. The predicted molar refractivity (Wildman–Crippen MR) is 85.0 cm³/mol. The van der Waals surface area contributed by atoms with Gasteiger partial charge in [-0.15, -0.1) is 0 Å². The number of benzene rings is 2. The average molecular weight is 322 g/mol. The topological polar surface area (TPSA) is 65.0 Å². The molecule has 0 heterocycles. The van der Waals surface area contributed by atoms with Crippen LogP contribution < -0.4 is 14.8 Å². The fourth-order valence-corrected chi connectivity index (χ4v) is 3.12. The minimum Gasteiger partial charge on any atom is -0.496 e. The van der Waals surface area contributed by atoms with E-state index >= 15 is 0 Å². The van der Waals surface area contributed by atoms with Crippen molar-refractivity contribution in [3.05, 3.63) is 54.6 Å². The zero-order valence-electron chi connectivity index (χ0n) is 12.3. The van der Waals surface area contributed by atoms with Crippen LogP contribution in [0.5, 0.6) is 11.5 Å². The minimum absolute atomic E-state index is 0.124. The van der Waals surface area contributed by atoms with Gasteiger partial charge in [-0.2, -0.15) is 0 Å². The first-order valence-electron chi connectivity index (χ1n) is 6.92. The minimum atomic E-state index is -3.89. The van der Waals surface area contributed by atoms with Gasteiger partial charge >= 0.3 is 7.60 Å². The molecule has 0 saturated carbocycles. The molecule has 2 rings (SSSR count). The SMILES string of the molecule is COc1ccccc1P(=O)(O)OCCCOc1ccccc1. The smallest absolute Gasteiger partial charge is 0.362 e. The number of hydrogen-bond donors (Lipinski definition) is 1. The van der Waals surface area contributed by atoms with Crippen LogP contribution >= 0.6 is 7.60 Å². The molecular formula is C16H19O5P. The van der Waals surface area contributed by atoms with Crippen LogP contribution in [0, 0.1) is 0 Å². The molecular weight excluding hydrogens is 303 g/mol. The van der Waals surface area contributed by atoms with Crippen LogP contribution in [0.3, 0.4) is 0 Å². The van der Waals surface area contributed by atoms with Crippen molar-refractivity contribution in [1.29, 1.82) is 0 Å². The maximum atomic E-state index is 12.2. The first kappa shape index (κ1) is 16.6. The first-order chi connectivity index (χ1) is 10.6. The van der Waals surface area contributed by atoms with Gasteiger partial charge in [0.25, 0.3) is 0 Å². The van der Waals surface area contributed by atoms with Crippen LogP contribution in [0.15, 0.2) is 54.6 Å². The van der Waals surface area contributed by atoms with Crippen LogP contribution in [0.25, 0.3) is 0 Å². The Morgan fingerprint density at radius 2 is 1.68 bits per heavy atom. The second-order valence-corrected chi connectivity index (χ2v) is 6.32. The van der Waals surface area contributed by atoms with E-state index in [0.717, 1.165) is 5.75 Å². The van der Waals surface area contributed by atoms with Gasteiger partial charge in [0.2, 0.25) is 0 Å². The van der Waals surface area contributed by atoms with E-state index in [1.165, 1.54) is 13.2 Å². The van der Waals surface area contributed by atoms with Crippen molar-refractivity contribution in [2.75, 3.05) is 20.3 Å². The Morgan fingerprint density at radius 3 is 2.41 bits per heavy atom. The van der Waals surface area contributed by atoms with Gasteiger partial charge in [-0.05, 0) is 24.3 Å². The Hall–Kier alpha value is -1.81. The maximum absolute atomic E-state index is 12.2. The molecule has 5 nitrogen and oxygen atoms in total. The number of para-hydroxylation sites is 2. The van der Waals surface area contributed by atoms with Crippen molar-refractivity contribution in [1.82, 2.24) is 0 Å². The molecule has 1 N–H and O–H groups in total. The molecule has 1 atom stereocenters. The fourth-order valence-electron chi connectivity index (χ4n) is 1.89. The van der Waals surface area contributed by atoms with E-state index in [9.17, 15) is 9.46 Å². The second-order valence-electron chi connectivity index (χ2n) is 4.54. The van der Waals surface area contributed by atoms with Gasteiger partial charge in [-0.3, -0.25) is 4.57 Å². The lowest BCUT2D eigenvalue weighted by Crippen LogP contribution is -2.12. The summed E-state index contributed by atoms with van der Waals surface area (Å²) in [6.45, 7) is 0.536. The number of methoxy groups -OCH3 is 1. The van der Waals surface area contributed by atoms with Crippen molar-refractivity contribution >= 4 is 12.9 Å². The summed E-state index contributed by atoms with van der Waals surface area (Å²) in [7, 11) is -2.44. The van der Waals surface area contributed by atoms with Crippen molar-refractivity contribution in [3.63, 3.8) is 0 Å². The fraction of sp³-hybridized carbons (Fsp3) is 0.250. The predicted octanol–water partition coefficient (Wildman–Crippen LogP) is 2.99. The number of rotatable bonds is 8. The summed E-state index contributed by atoms with van der Waals surface area (Å²) < 4.78 is 28.0. The van der Waals surface area contributed by atoms with E-state index in [-0.39, 0.29) is 11.9 Å². The Kier molecular flexibility index (Phi) is 6.01. The lowest BCUT2D eigenvalue weighted by molar-refractivity contribution is 0.228. The van der Waals surface area contributed by atoms with Crippen molar-refractivity contribution in [2.45, 2.75) is 6.42 Å². The van der Waals surface area contributed by atoms with Gasteiger partial charge < -0.3 is 18.9 Å². The summed E-state index contributed by atoms with van der Waals surface area (Å²) in [6.07, 6.45) is 0.509. The highest BCUT2D eigenvalue weighted by Crippen LogP contribution is 2.43. The Labute approximate surface area is 130 Å². The highest BCUT2D eigenvalue weighted by molar-refractivity contribution is 7.61. The van der Waals surface area contributed by atoms with Crippen LogP contribution in [0.4, 0.5) is 0 Å². The Morgan fingerprint density at radius 1 is 1.00 bits per heavy atom. The van der Waals surface area contributed by atoms with Crippen LogP contribution in [0.1, 0.15) is 6.42 Å². The molecule has 6 heteroatoms. The summed E-state index contributed by atoms with van der Waals surface area (Å²) >= 11 is 0. The summed E-state index contributed by atoms with van der Waals surface area (Å²) in [5, 5.41) is 0.168. The second kappa shape index (κ2) is 7.99. The van der Waals surface area contributed by atoms with Crippen LogP contribution in [0.2, 0.25) is 0 Å². The first-order valence-corrected chi connectivity index (χ1v) is 8.50. The molecule has 0 aliphatic rings. The highest BCUT2D eigenvalue weighted by atomic mass is 31.2. The summed E-state index contributed by atoms with van der Waals surface area (Å²) in [5.74, 6) is 1.10. The number of hydrogen-bond acceptors (Lipinski definition) is 4. The molecule has 0 fully saturated rings. The Balaban J connectivity index is 1.81. The Bertz CT molecular complexity index is 629. The van der Waals surface area contributed by atoms with Crippen LogP contribution in [-0.2, 0) is 9.09 Å². The van der Waals surface area contributed by atoms with E-state index < -0.39 is 7.60 Å². The molecule has 1 unspecified atom stereocenters. The standard InChI is InChI=1S/C16H19O5P/c1-19-15-10-5-6-11-16(15)22(17,18)21-13-7-12-20-14-8-3-2-4-9-14/h2-6,8-11H,7,12-13H2,1H3,(H,17,18). The third kappa shape index (κ3) is 4.60. The van der Waals surface area contributed by atoms with E-state index in [0.29, 0.717) is 18.8 Å². The highest BCUT2D eigenvalue weighted by Gasteiger charge is 2.26. The maximum Gasteiger partial charge on any atom is 0.362 e. The van der Waals surface area contributed by atoms with Crippen molar-refractivity contribution in [2.24, 2.45) is 0 Å². The van der Waals surface area contributed by atoms with Gasteiger partial charge in [-0.25, -0.2) is 0 Å². The lowest BCUT2D eigenvalue weighted by atomic mass is 10.3. The molecule has 0 radical (unpaired) electrons. The zero-order chi connectivity index (χ0) is 15.8. The van der Waals surface area contributed by atoms with Gasteiger partial charge in [0.05, 0.1) is 20.3 Å². The molecule has 0 aliphatic carbocycles. The summed E-state index contributed by atoms with van der Waals surface area (Å²) in [5.41, 5.74) is 0. The molecule has 2 aromatic rings. The third-order valence-electron chi connectivity index (χ3n) is 2.96.